The normalized spacial score (nSPS) is 10.7. The molecule has 0 aliphatic heterocycles. The van der Waals surface area contributed by atoms with Gasteiger partial charge < -0.3 is 18.9 Å². The van der Waals surface area contributed by atoms with Gasteiger partial charge >= 0.3 is 0 Å². The van der Waals surface area contributed by atoms with Gasteiger partial charge in [-0.3, -0.25) is 4.79 Å². The topological polar surface area (TPSA) is 54.0 Å². The number of ether oxygens (including phenoxy) is 4. The lowest BCUT2D eigenvalue weighted by Gasteiger charge is -2.06. The maximum atomic E-state index is 10.6. The van der Waals surface area contributed by atoms with Gasteiger partial charge in [0.1, 0.15) is 0 Å². The number of rotatable bonds is 12. The Morgan fingerprint density at radius 3 is 1.82 bits per heavy atom. The van der Waals surface area contributed by atoms with Crippen molar-refractivity contribution >= 4 is 16.9 Å². The van der Waals surface area contributed by atoms with Gasteiger partial charge in [-0.05, 0) is 0 Å². The summed E-state index contributed by atoms with van der Waals surface area (Å²) < 4.78 is 20.6. The fourth-order valence-electron chi connectivity index (χ4n) is 0.928. The lowest BCUT2D eigenvalue weighted by atomic mass is 10.7. The molecule has 0 aromatic heterocycles. The first-order chi connectivity index (χ1) is 8.27. The van der Waals surface area contributed by atoms with Gasteiger partial charge in [-0.25, -0.2) is 0 Å². The smallest absolute Gasteiger partial charge is 0.185 e. The number of carbonyl (C=O) groups excluding carboxylic acids is 1. The molecule has 0 unspecified atom stereocenters. The summed E-state index contributed by atoms with van der Waals surface area (Å²) in [7, 11) is 1.64. The van der Waals surface area contributed by atoms with Crippen molar-refractivity contribution in [3.63, 3.8) is 0 Å². The molecular weight excluding hydrogens is 244 g/mol. The van der Waals surface area contributed by atoms with Crippen LogP contribution in [-0.4, -0.2) is 64.2 Å². The highest BCUT2D eigenvalue weighted by atomic mass is 32.2. The molecule has 0 bridgehead atoms. The number of hydrogen-bond donors (Lipinski definition) is 0. The van der Waals surface area contributed by atoms with E-state index in [0.717, 1.165) is 0 Å². The van der Waals surface area contributed by atoms with Crippen LogP contribution in [0.25, 0.3) is 0 Å². The summed E-state index contributed by atoms with van der Waals surface area (Å²) in [6.07, 6.45) is 0. The second-order valence-electron chi connectivity index (χ2n) is 3.17. The molecule has 0 aliphatic carbocycles. The molecule has 102 valence electrons. The van der Waals surface area contributed by atoms with Gasteiger partial charge in [-0.15, -0.1) is 0 Å². The summed E-state index contributed by atoms with van der Waals surface area (Å²) >= 11 is 1.27. The van der Waals surface area contributed by atoms with E-state index in [1.54, 1.807) is 14.0 Å². The van der Waals surface area contributed by atoms with Gasteiger partial charge in [0.15, 0.2) is 5.12 Å². The average molecular weight is 266 g/mol. The molecule has 0 aromatic rings. The highest BCUT2D eigenvalue weighted by Gasteiger charge is 1.94. The first-order valence-corrected chi connectivity index (χ1v) is 6.61. The maximum Gasteiger partial charge on any atom is 0.185 e. The van der Waals surface area contributed by atoms with Crippen LogP contribution in [0.1, 0.15) is 6.92 Å². The molecule has 0 radical (unpaired) electrons. The standard InChI is InChI=1S/C11H22O5S/c1-11(12)17-10-9-16-8-7-15-6-5-14-4-3-13-2/h3-10H2,1-2H3. The zero-order valence-corrected chi connectivity index (χ0v) is 11.4. The van der Waals surface area contributed by atoms with E-state index >= 15 is 0 Å². The van der Waals surface area contributed by atoms with Gasteiger partial charge in [0, 0.05) is 19.8 Å². The molecule has 0 heterocycles. The van der Waals surface area contributed by atoms with Gasteiger partial charge in [0.05, 0.1) is 46.2 Å². The zero-order chi connectivity index (χ0) is 12.8. The van der Waals surface area contributed by atoms with E-state index in [1.165, 1.54) is 11.8 Å². The Labute approximate surface area is 107 Å². The summed E-state index contributed by atoms with van der Waals surface area (Å²) in [5.41, 5.74) is 0. The van der Waals surface area contributed by atoms with Crippen molar-refractivity contribution in [2.75, 3.05) is 59.1 Å². The van der Waals surface area contributed by atoms with E-state index < -0.39 is 0 Å². The summed E-state index contributed by atoms with van der Waals surface area (Å²) in [5.74, 6) is 0.704. The Hall–Kier alpha value is -0.140. The van der Waals surface area contributed by atoms with Gasteiger partial charge in [-0.1, -0.05) is 11.8 Å². The van der Waals surface area contributed by atoms with Crippen LogP contribution in [0.4, 0.5) is 0 Å². The van der Waals surface area contributed by atoms with Crippen molar-refractivity contribution < 1.29 is 23.7 Å². The number of carbonyl (C=O) groups is 1. The Morgan fingerprint density at radius 1 is 0.882 bits per heavy atom. The molecule has 0 rings (SSSR count). The Balaban J connectivity index is 2.91. The minimum Gasteiger partial charge on any atom is -0.382 e. The van der Waals surface area contributed by atoms with Gasteiger partial charge in [-0.2, -0.15) is 0 Å². The lowest BCUT2D eigenvalue weighted by Crippen LogP contribution is -2.12. The third-order valence-corrected chi connectivity index (χ3v) is 2.49. The second kappa shape index (κ2) is 13.9. The highest BCUT2D eigenvalue weighted by Crippen LogP contribution is 1.99. The monoisotopic (exact) mass is 266 g/mol. The molecule has 0 fully saturated rings. The predicted molar refractivity (Wildman–Crippen MR) is 67.5 cm³/mol. The number of methoxy groups -OCH3 is 1. The minimum absolute atomic E-state index is 0.123. The second-order valence-corrected chi connectivity index (χ2v) is 4.44. The van der Waals surface area contributed by atoms with E-state index in [9.17, 15) is 4.79 Å². The van der Waals surface area contributed by atoms with Gasteiger partial charge in [0.25, 0.3) is 0 Å². The molecule has 5 nitrogen and oxygen atoms in total. The first-order valence-electron chi connectivity index (χ1n) is 5.63. The van der Waals surface area contributed by atoms with Crippen molar-refractivity contribution in [1.82, 2.24) is 0 Å². The van der Waals surface area contributed by atoms with Crippen LogP contribution in [0.2, 0.25) is 0 Å². The molecule has 0 atom stereocenters. The maximum absolute atomic E-state index is 10.6. The molecule has 0 N–H and O–H groups in total. The molecule has 0 amide bonds. The number of hydrogen-bond acceptors (Lipinski definition) is 6. The van der Waals surface area contributed by atoms with Crippen LogP contribution in [-0.2, 0) is 23.7 Å². The van der Waals surface area contributed by atoms with E-state index in [0.29, 0.717) is 52.0 Å². The molecule has 17 heavy (non-hydrogen) atoms. The van der Waals surface area contributed by atoms with E-state index in [1.807, 2.05) is 0 Å². The van der Waals surface area contributed by atoms with Crippen LogP contribution in [0.3, 0.4) is 0 Å². The molecule has 0 spiro atoms. The predicted octanol–water partition coefficient (Wildman–Crippen LogP) is 0.962. The summed E-state index contributed by atoms with van der Waals surface area (Å²) in [4.78, 5) is 10.6. The molecule has 0 aromatic carbocycles. The molecule has 0 saturated carbocycles. The fourth-order valence-corrected chi connectivity index (χ4v) is 1.42. The average Bonchev–Trinajstić information content (AvgIpc) is 2.30. The van der Waals surface area contributed by atoms with Crippen LogP contribution in [0.15, 0.2) is 0 Å². The molecule has 6 heteroatoms. The largest absolute Gasteiger partial charge is 0.382 e. The number of thioether (sulfide) groups is 1. The Bertz CT molecular complexity index is 177. The van der Waals surface area contributed by atoms with Crippen molar-refractivity contribution in [3.8, 4) is 0 Å². The van der Waals surface area contributed by atoms with Crippen molar-refractivity contribution in [3.05, 3.63) is 0 Å². The van der Waals surface area contributed by atoms with E-state index in [4.69, 9.17) is 18.9 Å². The van der Waals surface area contributed by atoms with Crippen molar-refractivity contribution in [2.24, 2.45) is 0 Å². The Morgan fingerprint density at radius 2 is 1.35 bits per heavy atom. The SMILES string of the molecule is COCCOCCOCCOCCSC(C)=O. The van der Waals surface area contributed by atoms with E-state index in [-0.39, 0.29) is 5.12 Å². The molecule has 0 aliphatic rings. The third-order valence-electron chi connectivity index (χ3n) is 1.71. The van der Waals surface area contributed by atoms with Crippen molar-refractivity contribution in [2.45, 2.75) is 6.92 Å². The Kier molecular flexibility index (Phi) is 13.8. The summed E-state index contributed by atoms with van der Waals surface area (Å²) in [5, 5.41) is 0.123. The minimum atomic E-state index is 0.123. The fraction of sp³-hybridized carbons (Fsp3) is 0.909. The molecular formula is C11H22O5S. The van der Waals surface area contributed by atoms with Crippen LogP contribution < -0.4 is 0 Å². The third kappa shape index (κ3) is 15.9. The zero-order valence-electron chi connectivity index (χ0n) is 10.6. The molecule has 0 saturated heterocycles. The highest BCUT2D eigenvalue weighted by molar-refractivity contribution is 8.13. The van der Waals surface area contributed by atoms with Crippen LogP contribution in [0, 0.1) is 0 Å². The van der Waals surface area contributed by atoms with Gasteiger partial charge in [0.2, 0.25) is 0 Å². The van der Waals surface area contributed by atoms with Crippen LogP contribution >= 0.6 is 11.8 Å². The van der Waals surface area contributed by atoms with E-state index in [2.05, 4.69) is 0 Å². The first kappa shape index (κ1) is 16.9. The summed E-state index contributed by atoms with van der Waals surface area (Å²) in [6.45, 7) is 5.58. The lowest BCUT2D eigenvalue weighted by molar-refractivity contribution is -0.109. The summed E-state index contributed by atoms with van der Waals surface area (Å²) in [6, 6.07) is 0. The van der Waals surface area contributed by atoms with Crippen molar-refractivity contribution in [1.29, 1.82) is 0 Å². The van der Waals surface area contributed by atoms with Crippen LogP contribution in [0.5, 0.6) is 0 Å². The quantitative estimate of drug-likeness (QED) is 0.490.